The fourth-order valence-corrected chi connectivity index (χ4v) is 5.54. The van der Waals surface area contributed by atoms with Crippen molar-refractivity contribution in [1.82, 2.24) is 10.2 Å². The number of amides is 1. The fraction of sp³-hybridized carbons (Fsp3) is 0.550. The van der Waals surface area contributed by atoms with Gasteiger partial charge in [-0.1, -0.05) is 18.2 Å². The van der Waals surface area contributed by atoms with Gasteiger partial charge in [-0.05, 0) is 31.6 Å². The first-order chi connectivity index (χ1) is 12.6. The minimum Gasteiger partial charge on any atom is -0.450 e. The molecule has 2 aliphatic heterocycles. The Morgan fingerprint density at radius 1 is 1.31 bits per heavy atom. The van der Waals surface area contributed by atoms with Gasteiger partial charge in [0.25, 0.3) is 5.91 Å². The number of nitrogens with zero attached hydrogens (tertiary/aromatic N) is 1. The molecule has 140 valence electrons. The maximum Gasteiger partial charge on any atom is 0.287 e. The van der Waals surface area contributed by atoms with Gasteiger partial charge < -0.3 is 14.5 Å². The molecule has 0 saturated carbocycles. The van der Waals surface area contributed by atoms with Gasteiger partial charge in [-0.3, -0.25) is 9.69 Å². The number of rotatable bonds is 4. The highest BCUT2D eigenvalue weighted by atomic mass is 32.2. The quantitative estimate of drug-likeness (QED) is 0.892. The SMILES string of the molecule is Cc1c(C(=O)NC[C@@]2(N3CCOCC3)CCSC2)oc2c(C)cccc12. The Morgan fingerprint density at radius 2 is 2.12 bits per heavy atom. The molecule has 4 rings (SSSR count). The number of aryl methyl sites for hydroxylation is 2. The second-order valence-corrected chi connectivity index (χ2v) is 8.42. The summed E-state index contributed by atoms with van der Waals surface area (Å²) in [6.45, 7) is 8.08. The zero-order chi connectivity index (χ0) is 18.1. The maximum atomic E-state index is 12.9. The Morgan fingerprint density at radius 3 is 2.81 bits per heavy atom. The first-order valence-corrected chi connectivity index (χ1v) is 10.4. The lowest BCUT2D eigenvalue weighted by Crippen LogP contribution is -2.59. The van der Waals surface area contributed by atoms with E-state index in [1.165, 1.54) is 0 Å². The molecule has 1 aromatic heterocycles. The topological polar surface area (TPSA) is 54.7 Å². The van der Waals surface area contributed by atoms with Crippen LogP contribution in [-0.4, -0.2) is 60.7 Å². The second kappa shape index (κ2) is 7.25. The first kappa shape index (κ1) is 17.9. The molecule has 0 radical (unpaired) electrons. The lowest BCUT2D eigenvalue weighted by molar-refractivity contribution is -0.0129. The number of morpholine rings is 1. The molecule has 2 saturated heterocycles. The van der Waals surface area contributed by atoms with Crippen LogP contribution in [0.1, 0.15) is 28.1 Å². The van der Waals surface area contributed by atoms with E-state index in [1.807, 2.05) is 43.8 Å². The molecule has 1 N–H and O–H groups in total. The summed E-state index contributed by atoms with van der Waals surface area (Å²) in [4.78, 5) is 15.4. The number of hydrogen-bond donors (Lipinski definition) is 1. The summed E-state index contributed by atoms with van der Waals surface area (Å²) in [6.07, 6.45) is 1.11. The van der Waals surface area contributed by atoms with Crippen LogP contribution in [-0.2, 0) is 4.74 Å². The predicted molar refractivity (Wildman–Crippen MR) is 105 cm³/mol. The largest absolute Gasteiger partial charge is 0.450 e. The first-order valence-electron chi connectivity index (χ1n) is 9.28. The minimum atomic E-state index is -0.109. The van der Waals surface area contributed by atoms with Crippen molar-refractivity contribution in [3.63, 3.8) is 0 Å². The van der Waals surface area contributed by atoms with E-state index in [0.717, 1.165) is 66.3 Å². The predicted octanol–water partition coefficient (Wildman–Crippen LogP) is 2.99. The van der Waals surface area contributed by atoms with Crippen molar-refractivity contribution in [2.45, 2.75) is 25.8 Å². The molecule has 2 aromatic rings. The van der Waals surface area contributed by atoms with Crippen LogP contribution in [0.15, 0.2) is 22.6 Å². The van der Waals surface area contributed by atoms with Crippen LogP contribution in [0.25, 0.3) is 11.0 Å². The van der Waals surface area contributed by atoms with Crippen molar-refractivity contribution in [2.24, 2.45) is 0 Å². The Kier molecular flexibility index (Phi) is 4.99. The molecule has 1 atom stereocenters. The molecule has 1 amide bonds. The highest BCUT2D eigenvalue weighted by Crippen LogP contribution is 2.34. The summed E-state index contributed by atoms with van der Waals surface area (Å²) >= 11 is 1.97. The summed E-state index contributed by atoms with van der Waals surface area (Å²) in [5, 5.41) is 4.19. The molecule has 0 bridgehead atoms. The third kappa shape index (κ3) is 3.15. The smallest absolute Gasteiger partial charge is 0.287 e. The molecule has 26 heavy (non-hydrogen) atoms. The Balaban J connectivity index is 1.52. The normalized spacial score (nSPS) is 24.2. The molecule has 1 aromatic carbocycles. The minimum absolute atomic E-state index is 0.0416. The summed E-state index contributed by atoms with van der Waals surface area (Å²) in [5.74, 6) is 2.54. The van der Waals surface area contributed by atoms with Crippen LogP contribution in [0.4, 0.5) is 0 Å². The number of furan rings is 1. The third-order valence-electron chi connectivity index (χ3n) is 5.71. The van der Waals surface area contributed by atoms with Gasteiger partial charge in [-0.25, -0.2) is 0 Å². The molecule has 0 spiro atoms. The van der Waals surface area contributed by atoms with E-state index in [0.29, 0.717) is 12.3 Å². The van der Waals surface area contributed by atoms with Crippen LogP contribution in [0.2, 0.25) is 0 Å². The van der Waals surface area contributed by atoms with Crippen LogP contribution < -0.4 is 5.32 Å². The number of benzene rings is 1. The van der Waals surface area contributed by atoms with Crippen molar-refractivity contribution in [1.29, 1.82) is 0 Å². The molecular weight excluding hydrogens is 348 g/mol. The maximum absolute atomic E-state index is 12.9. The molecule has 5 nitrogen and oxygen atoms in total. The average molecular weight is 375 g/mol. The molecule has 6 heteroatoms. The van der Waals surface area contributed by atoms with Crippen LogP contribution >= 0.6 is 11.8 Å². The van der Waals surface area contributed by atoms with E-state index >= 15 is 0 Å². The Hall–Kier alpha value is -1.50. The standard InChI is InChI=1S/C20H26N2O3S/c1-14-4-3-5-16-15(2)18(25-17(14)16)19(23)21-12-20(6-11-26-13-20)22-7-9-24-10-8-22/h3-5H,6-13H2,1-2H3,(H,21,23)/t20-/m0/s1. The fourth-order valence-electron chi connectivity index (χ4n) is 4.06. The number of thioether (sulfide) groups is 1. The highest BCUT2D eigenvalue weighted by Gasteiger charge is 2.41. The van der Waals surface area contributed by atoms with Gasteiger partial charge in [-0.2, -0.15) is 11.8 Å². The van der Waals surface area contributed by atoms with Gasteiger partial charge in [-0.15, -0.1) is 0 Å². The number of hydrogen-bond acceptors (Lipinski definition) is 5. The van der Waals surface area contributed by atoms with E-state index in [2.05, 4.69) is 10.2 Å². The molecule has 2 aliphatic rings. The van der Waals surface area contributed by atoms with E-state index in [9.17, 15) is 4.79 Å². The van der Waals surface area contributed by atoms with Gasteiger partial charge >= 0.3 is 0 Å². The Labute approximate surface area is 158 Å². The molecule has 0 aliphatic carbocycles. The van der Waals surface area contributed by atoms with Crippen LogP contribution in [0.3, 0.4) is 0 Å². The van der Waals surface area contributed by atoms with Crippen molar-refractivity contribution < 1.29 is 13.9 Å². The van der Waals surface area contributed by atoms with Crippen LogP contribution in [0.5, 0.6) is 0 Å². The van der Waals surface area contributed by atoms with Crippen molar-refractivity contribution >= 4 is 28.6 Å². The summed E-state index contributed by atoms with van der Waals surface area (Å²) in [6, 6.07) is 6.03. The third-order valence-corrected chi connectivity index (χ3v) is 6.94. The summed E-state index contributed by atoms with van der Waals surface area (Å²) in [7, 11) is 0. The van der Waals surface area contributed by atoms with Crippen molar-refractivity contribution in [3.05, 3.63) is 35.1 Å². The number of carbonyl (C=O) groups is 1. The van der Waals surface area contributed by atoms with E-state index < -0.39 is 0 Å². The molecule has 2 fully saturated rings. The highest BCUT2D eigenvalue weighted by molar-refractivity contribution is 7.99. The molecule has 3 heterocycles. The van der Waals surface area contributed by atoms with Gasteiger partial charge in [0, 0.05) is 41.9 Å². The van der Waals surface area contributed by atoms with Crippen molar-refractivity contribution in [2.75, 3.05) is 44.4 Å². The summed E-state index contributed by atoms with van der Waals surface area (Å²) in [5.41, 5.74) is 2.83. The van der Waals surface area contributed by atoms with Crippen molar-refractivity contribution in [3.8, 4) is 0 Å². The van der Waals surface area contributed by atoms with E-state index in [1.54, 1.807) is 0 Å². The molecular formula is C20H26N2O3S. The number of ether oxygens (including phenoxy) is 1. The van der Waals surface area contributed by atoms with Gasteiger partial charge in [0.1, 0.15) is 5.58 Å². The number of nitrogens with one attached hydrogen (secondary N) is 1. The second-order valence-electron chi connectivity index (χ2n) is 7.32. The van der Waals surface area contributed by atoms with Gasteiger partial charge in [0.15, 0.2) is 5.76 Å². The lowest BCUT2D eigenvalue weighted by Gasteiger charge is -2.42. The van der Waals surface area contributed by atoms with E-state index in [-0.39, 0.29) is 11.4 Å². The number of para-hydroxylation sites is 1. The number of fused-ring (bicyclic) bond motifs is 1. The monoisotopic (exact) mass is 374 g/mol. The Bertz CT molecular complexity index is 805. The average Bonchev–Trinajstić information content (AvgIpc) is 3.28. The summed E-state index contributed by atoms with van der Waals surface area (Å²) < 4.78 is 11.4. The van der Waals surface area contributed by atoms with E-state index in [4.69, 9.17) is 9.15 Å². The number of carbonyl (C=O) groups excluding carboxylic acids is 1. The van der Waals surface area contributed by atoms with Gasteiger partial charge in [0.05, 0.1) is 13.2 Å². The zero-order valence-electron chi connectivity index (χ0n) is 15.5. The molecule has 0 unspecified atom stereocenters. The van der Waals surface area contributed by atoms with Gasteiger partial charge in [0.2, 0.25) is 0 Å². The van der Waals surface area contributed by atoms with Crippen LogP contribution in [0, 0.1) is 13.8 Å². The zero-order valence-corrected chi connectivity index (χ0v) is 16.3. The lowest BCUT2D eigenvalue weighted by atomic mass is 9.95.